The molecule has 1 fully saturated rings. The van der Waals surface area contributed by atoms with Crippen molar-refractivity contribution in [3.8, 4) is 11.4 Å². The molecule has 1 aromatic heterocycles. The van der Waals surface area contributed by atoms with Gasteiger partial charge in [0.25, 0.3) is 0 Å². The standard InChI is InChI=1S/C15H19N3O3/c19-13(11-18-6-8-20-9-7-18)10-14-16-15(17-21-14)12-4-2-1-3-5-12/h1-5,13,19H,6-11H2. The highest BCUT2D eigenvalue weighted by molar-refractivity contribution is 5.53. The molecular formula is C15H19N3O3. The minimum absolute atomic E-state index is 0.372. The van der Waals surface area contributed by atoms with E-state index < -0.39 is 6.10 Å². The topological polar surface area (TPSA) is 71.6 Å². The van der Waals surface area contributed by atoms with Gasteiger partial charge in [0.15, 0.2) is 0 Å². The van der Waals surface area contributed by atoms with E-state index in [-0.39, 0.29) is 0 Å². The Morgan fingerprint density at radius 2 is 1.95 bits per heavy atom. The number of benzene rings is 1. The highest BCUT2D eigenvalue weighted by Crippen LogP contribution is 2.15. The molecule has 0 radical (unpaired) electrons. The summed E-state index contributed by atoms with van der Waals surface area (Å²) in [5.74, 6) is 1.03. The minimum atomic E-state index is -0.507. The lowest BCUT2D eigenvalue weighted by molar-refractivity contribution is 0.0136. The van der Waals surface area contributed by atoms with E-state index in [1.54, 1.807) is 0 Å². The Morgan fingerprint density at radius 3 is 2.71 bits per heavy atom. The van der Waals surface area contributed by atoms with E-state index in [1.807, 2.05) is 30.3 Å². The molecule has 2 heterocycles. The minimum Gasteiger partial charge on any atom is -0.391 e. The average Bonchev–Trinajstić information content (AvgIpc) is 2.97. The fraction of sp³-hybridized carbons (Fsp3) is 0.467. The third-order valence-electron chi connectivity index (χ3n) is 3.48. The van der Waals surface area contributed by atoms with E-state index in [0.29, 0.717) is 24.7 Å². The third kappa shape index (κ3) is 3.87. The van der Waals surface area contributed by atoms with E-state index in [2.05, 4.69) is 15.0 Å². The summed E-state index contributed by atoms with van der Waals surface area (Å²) in [7, 11) is 0. The second-order valence-corrected chi connectivity index (χ2v) is 5.15. The Balaban J connectivity index is 1.56. The number of ether oxygens (including phenoxy) is 1. The Labute approximate surface area is 123 Å². The highest BCUT2D eigenvalue weighted by atomic mass is 16.5. The summed E-state index contributed by atoms with van der Waals surface area (Å²) >= 11 is 0. The Morgan fingerprint density at radius 1 is 1.19 bits per heavy atom. The fourth-order valence-electron chi connectivity index (χ4n) is 2.39. The molecule has 1 unspecified atom stereocenters. The summed E-state index contributed by atoms with van der Waals surface area (Å²) < 4.78 is 10.5. The van der Waals surface area contributed by atoms with Crippen LogP contribution in [0.2, 0.25) is 0 Å². The molecule has 1 aliphatic heterocycles. The van der Waals surface area contributed by atoms with Gasteiger partial charge in [-0.05, 0) is 0 Å². The molecule has 1 N–H and O–H groups in total. The van der Waals surface area contributed by atoms with Crippen LogP contribution in [0.25, 0.3) is 11.4 Å². The molecule has 0 bridgehead atoms. The second-order valence-electron chi connectivity index (χ2n) is 5.15. The van der Waals surface area contributed by atoms with Gasteiger partial charge < -0.3 is 14.4 Å². The summed E-state index contributed by atoms with van der Waals surface area (Å²) in [5, 5.41) is 14.1. The van der Waals surface area contributed by atoms with Crippen molar-refractivity contribution in [1.82, 2.24) is 15.0 Å². The molecule has 6 heteroatoms. The molecule has 0 amide bonds. The zero-order valence-electron chi connectivity index (χ0n) is 11.8. The largest absolute Gasteiger partial charge is 0.391 e. The van der Waals surface area contributed by atoms with Gasteiger partial charge in [0.2, 0.25) is 11.7 Å². The van der Waals surface area contributed by atoms with Gasteiger partial charge in [-0.25, -0.2) is 0 Å². The van der Waals surface area contributed by atoms with Crippen molar-refractivity contribution in [3.63, 3.8) is 0 Å². The van der Waals surface area contributed by atoms with Crippen molar-refractivity contribution in [3.05, 3.63) is 36.2 Å². The van der Waals surface area contributed by atoms with Crippen LogP contribution in [0, 0.1) is 0 Å². The van der Waals surface area contributed by atoms with Gasteiger partial charge in [0.05, 0.1) is 25.7 Å². The maximum atomic E-state index is 10.1. The van der Waals surface area contributed by atoms with Crippen LogP contribution in [-0.4, -0.2) is 59.1 Å². The molecule has 0 aliphatic carbocycles. The zero-order chi connectivity index (χ0) is 14.5. The van der Waals surface area contributed by atoms with E-state index in [4.69, 9.17) is 9.26 Å². The molecule has 1 atom stereocenters. The van der Waals surface area contributed by atoms with Gasteiger partial charge in [-0.2, -0.15) is 4.98 Å². The lowest BCUT2D eigenvalue weighted by atomic mass is 10.2. The van der Waals surface area contributed by atoms with Crippen LogP contribution in [0.4, 0.5) is 0 Å². The molecule has 1 aromatic carbocycles. The number of aromatic nitrogens is 2. The van der Waals surface area contributed by atoms with E-state index in [9.17, 15) is 5.11 Å². The van der Waals surface area contributed by atoms with Gasteiger partial charge in [-0.15, -0.1) is 0 Å². The molecule has 21 heavy (non-hydrogen) atoms. The van der Waals surface area contributed by atoms with Crippen molar-refractivity contribution in [1.29, 1.82) is 0 Å². The van der Waals surface area contributed by atoms with Crippen LogP contribution in [0.3, 0.4) is 0 Å². The van der Waals surface area contributed by atoms with Gasteiger partial charge in [0, 0.05) is 25.2 Å². The number of hydrogen-bond acceptors (Lipinski definition) is 6. The maximum absolute atomic E-state index is 10.1. The van der Waals surface area contributed by atoms with Gasteiger partial charge in [-0.1, -0.05) is 35.5 Å². The predicted molar refractivity (Wildman–Crippen MR) is 76.7 cm³/mol. The van der Waals surface area contributed by atoms with Crippen LogP contribution in [-0.2, 0) is 11.2 Å². The first-order valence-corrected chi connectivity index (χ1v) is 7.17. The molecule has 0 saturated carbocycles. The number of aliphatic hydroxyl groups excluding tert-OH is 1. The first-order chi connectivity index (χ1) is 10.3. The zero-order valence-corrected chi connectivity index (χ0v) is 11.8. The lowest BCUT2D eigenvalue weighted by Gasteiger charge is -2.28. The van der Waals surface area contributed by atoms with Crippen molar-refractivity contribution >= 4 is 0 Å². The van der Waals surface area contributed by atoms with Gasteiger partial charge in [-0.3, -0.25) is 4.90 Å². The van der Waals surface area contributed by atoms with Crippen LogP contribution in [0.5, 0.6) is 0 Å². The van der Waals surface area contributed by atoms with Crippen molar-refractivity contribution in [2.75, 3.05) is 32.8 Å². The van der Waals surface area contributed by atoms with E-state index in [1.165, 1.54) is 0 Å². The van der Waals surface area contributed by atoms with Gasteiger partial charge >= 0.3 is 0 Å². The Bertz CT molecular complexity index is 552. The quantitative estimate of drug-likeness (QED) is 0.884. The third-order valence-corrected chi connectivity index (χ3v) is 3.48. The summed E-state index contributed by atoms with van der Waals surface area (Å²) in [4.78, 5) is 6.52. The second kappa shape index (κ2) is 6.80. The highest BCUT2D eigenvalue weighted by Gasteiger charge is 2.18. The monoisotopic (exact) mass is 289 g/mol. The summed E-state index contributed by atoms with van der Waals surface area (Å²) in [6, 6.07) is 9.66. The van der Waals surface area contributed by atoms with Gasteiger partial charge in [0.1, 0.15) is 0 Å². The molecular weight excluding hydrogens is 270 g/mol. The first kappa shape index (κ1) is 14.2. The number of nitrogens with zero attached hydrogens (tertiary/aromatic N) is 3. The molecule has 6 nitrogen and oxygen atoms in total. The van der Waals surface area contributed by atoms with Crippen LogP contribution in [0.15, 0.2) is 34.9 Å². The molecule has 112 valence electrons. The maximum Gasteiger partial charge on any atom is 0.229 e. The Hall–Kier alpha value is -1.76. The van der Waals surface area contributed by atoms with Crippen molar-refractivity contribution < 1.29 is 14.4 Å². The first-order valence-electron chi connectivity index (χ1n) is 7.17. The van der Waals surface area contributed by atoms with Crippen LogP contribution >= 0.6 is 0 Å². The smallest absolute Gasteiger partial charge is 0.229 e. The van der Waals surface area contributed by atoms with Crippen LogP contribution in [0.1, 0.15) is 5.89 Å². The van der Waals surface area contributed by atoms with E-state index >= 15 is 0 Å². The number of rotatable bonds is 5. The number of hydrogen-bond donors (Lipinski definition) is 1. The normalized spacial score (nSPS) is 17.8. The number of morpholine rings is 1. The summed E-state index contributed by atoms with van der Waals surface area (Å²) in [6.45, 7) is 3.77. The predicted octanol–water partition coefficient (Wildman–Crippen LogP) is 0.972. The Kier molecular flexibility index (Phi) is 4.59. The van der Waals surface area contributed by atoms with Crippen molar-refractivity contribution in [2.45, 2.75) is 12.5 Å². The molecule has 1 aliphatic rings. The number of β-amino-alcohol motifs (C(OH)–C–C–N with tert-alkyl or cyclic N) is 1. The SMILES string of the molecule is OC(Cc1nc(-c2ccccc2)no1)CN1CCOCC1. The number of aliphatic hydroxyl groups is 1. The lowest BCUT2D eigenvalue weighted by Crippen LogP contribution is -2.41. The van der Waals surface area contributed by atoms with Crippen molar-refractivity contribution in [2.24, 2.45) is 0 Å². The van der Waals surface area contributed by atoms with Crippen LogP contribution < -0.4 is 0 Å². The molecule has 2 aromatic rings. The van der Waals surface area contributed by atoms with E-state index in [0.717, 1.165) is 31.9 Å². The fourth-order valence-corrected chi connectivity index (χ4v) is 2.39. The molecule has 3 rings (SSSR count). The summed E-state index contributed by atoms with van der Waals surface area (Å²) in [5.41, 5.74) is 0.912. The summed E-state index contributed by atoms with van der Waals surface area (Å²) in [6.07, 6.45) is -0.135. The average molecular weight is 289 g/mol. The molecule has 0 spiro atoms. The molecule has 1 saturated heterocycles.